The van der Waals surface area contributed by atoms with E-state index in [-0.39, 0.29) is 22.9 Å². The lowest BCUT2D eigenvalue weighted by Gasteiger charge is -2.07. The number of nitro benzene ring substituents is 1. The van der Waals surface area contributed by atoms with E-state index in [9.17, 15) is 10.1 Å². The summed E-state index contributed by atoms with van der Waals surface area (Å²) in [6.45, 7) is 0. The summed E-state index contributed by atoms with van der Waals surface area (Å²) in [7, 11) is 2.63. The molecule has 0 aromatic heterocycles. The van der Waals surface area contributed by atoms with E-state index in [2.05, 4.69) is 0 Å². The number of phenols is 1. The summed E-state index contributed by atoms with van der Waals surface area (Å²) < 4.78 is 9.62. The Bertz CT molecular complexity index is 363. The molecule has 0 fully saturated rings. The van der Waals surface area contributed by atoms with Gasteiger partial charge in [-0.25, -0.2) is 0 Å². The minimum Gasteiger partial charge on any atom is -0.508 e. The second kappa shape index (κ2) is 3.82. The van der Waals surface area contributed by atoms with Crippen molar-refractivity contribution in [3.8, 4) is 17.2 Å². The molecule has 0 aliphatic rings. The molecule has 1 N–H and O–H groups in total. The van der Waals surface area contributed by atoms with Crippen molar-refractivity contribution in [2.24, 2.45) is 0 Å². The van der Waals surface area contributed by atoms with Crippen molar-refractivity contribution in [3.05, 3.63) is 22.2 Å². The molecule has 0 radical (unpaired) electrons. The van der Waals surface area contributed by atoms with Gasteiger partial charge in [-0.3, -0.25) is 10.1 Å². The van der Waals surface area contributed by atoms with Crippen LogP contribution >= 0.6 is 0 Å². The molecule has 14 heavy (non-hydrogen) atoms. The first-order chi connectivity index (χ1) is 6.60. The molecule has 0 saturated heterocycles. The summed E-state index contributed by atoms with van der Waals surface area (Å²) in [5.74, 6) is -0.121. The Hall–Kier alpha value is -1.98. The zero-order chi connectivity index (χ0) is 10.7. The van der Waals surface area contributed by atoms with Crippen LogP contribution in [0.1, 0.15) is 0 Å². The minimum absolute atomic E-state index is 0.00435. The summed E-state index contributed by atoms with van der Waals surface area (Å²) in [5, 5.41) is 19.7. The summed E-state index contributed by atoms with van der Waals surface area (Å²) in [4.78, 5) is 9.91. The van der Waals surface area contributed by atoms with Crippen LogP contribution < -0.4 is 9.47 Å². The molecule has 0 saturated carbocycles. The number of methoxy groups -OCH3 is 2. The SMILES string of the molecule is COc1cc(O)cc([N+](=O)[O-])c1OC. The lowest BCUT2D eigenvalue weighted by molar-refractivity contribution is -0.385. The summed E-state index contributed by atoms with van der Waals surface area (Å²) >= 11 is 0. The molecule has 0 bridgehead atoms. The van der Waals surface area contributed by atoms with Gasteiger partial charge in [-0.2, -0.15) is 0 Å². The molecule has 0 aliphatic heterocycles. The van der Waals surface area contributed by atoms with Crippen LogP contribution in [0.15, 0.2) is 12.1 Å². The first-order valence-electron chi connectivity index (χ1n) is 3.69. The van der Waals surface area contributed by atoms with Crippen LogP contribution in [0.2, 0.25) is 0 Å². The Kier molecular flexibility index (Phi) is 2.76. The van der Waals surface area contributed by atoms with Gasteiger partial charge in [-0.15, -0.1) is 0 Å². The monoisotopic (exact) mass is 199 g/mol. The lowest BCUT2D eigenvalue weighted by Crippen LogP contribution is -1.96. The number of hydrogen-bond acceptors (Lipinski definition) is 5. The molecule has 0 aliphatic carbocycles. The molecular formula is C8H9NO5. The number of nitrogens with zero attached hydrogens (tertiary/aromatic N) is 1. The molecule has 0 atom stereocenters. The largest absolute Gasteiger partial charge is 0.508 e. The quantitative estimate of drug-likeness (QED) is 0.586. The normalized spacial score (nSPS) is 9.57. The average molecular weight is 199 g/mol. The maximum absolute atomic E-state index is 10.6. The summed E-state index contributed by atoms with van der Waals surface area (Å²) in [6, 6.07) is 2.24. The highest BCUT2D eigenvalue weighted by molar-refractivity contribution is 5.59. The molecule has 6 heteroatoms. The van der Waals surface area contributed by atoms with Gasteiger partial charge >= 0.3 is 5.69 Å². The van der Waals surface area contributed by atoms with E-state index in [1.54, 1.807) is 0 Å². The van der Waals surface area contributed by atoms with Crippen LogP contribution in [-0.2, 0) is 0 Å². The third kappa shape index (κ3) is 1.68. The van der Waals surface area contributed by atoms with E-state index in [0.717, 1.165) is 6.07 Å². The van der Waals surface area contributed by atoms with Crippen LogP contribution in [0.25, 0.3) is 0 Å². The van der Waals surface area contributed by atoms with Crippen molar-refractivity contribution in [3.63, 3.8) is 0 Å². The number of rotatable bonds is 3. The molecule has 0 unspecified atom stereocenters. The Morgan fingerprint density at radius 3 is 2.43 bits per heavy atom. The van der Waals surface area contributed by atoms with Crippen molar-refractivity contribution in [2.45, 2.75) is 0 Å². The number of aromatic hydroxyl groups is 1. The Morgan fingerprint density at radius 1 is 1.36 bits per heavy atom. The van der Waals surface area contributed by atoms with Gasteiger partial charge in [0.15, 0.2) is 5.75 Å². The van der Waals surface area contributed by atoms with Crippen LogP contribution in [0, 0.1) is 10.1 Å². The fourth-order valence-corrected chi connectivity index (χ4v) is 1.07. The number of ether oxygens (including phenoxy) is 2. The maximum Gasteiger partial charge on any atom is 0.318 e. The molecule has 76 valence electrons. The number of phenolic OH excluding ortho intramolecular Hbond substituents is 1. The highest BCUT2D eigenvalue weighted by atomic mass is 16.6. The fraction of sp³-hybridized carbons (Fsp3) is 0.250. The standard InChI is InChI=1S/C8H9NO5/c1-13-7-4-5(10)3-6(9(11)12)8(7)14-2/h3-4,10H,1-2H3. The van der Waals surface area contributed by atoms with E-state index >= 15 is 0 Å². The van der Waals surface area contributed by atoms with Gasteiger partial charge in [0.25, 0.3) is 0 Å². The van der Waals surface area contributed by atoms with Crippen LogP contribution in [0.3, 0.4) is 0 Å². The first kappa shape index (κ1) is 10.1. The molecule has 0 heterocycles. The Morgan fingerprint density at radius 2 is 2.00 bits per heavy atom. The van der Waals surface area contributed by atoms with Crippen molar-refractivity contribution in [2.75, 3.05) is 14.2 Å². The zero-order valence-corrected chi connectivity index (χ0v) is 7.68. The number of hydrogen-bond donors (Lipinski definition) is 1. The zero-order valence-electron chi connectivity index (χ0n) is 7.68. The molecule has 0 amide bonds. The van der Waals surface area contributed by atoms with Crippen LogP contribution in [0.4, 0.5) is 5.69 Å². The van der Waals surface area contributed by atoms with Gasteiger partial charge in [0.2, 0.25) is 5.75 Å². The summed E-state index contributed by atoms with van der Waals surface area (Å²) in [5.41, 5.74) is -0.329. The predicted molar refractivity (Wildman–Crippen MR) is 47.9 cm³/mol. The van der Waals surface area contributed by atoms with Gasteiger partial charge in [0, 0.05) is 6.07 Å². The van der Waals surface area contributed by atoms with Gasteiger partial charge in [-0.05, 0) is 0 Å². The third-order valence-electron chi connectivity index (χ3n) is 1.64. The summed E-state index contributed by atoms with van der Waals surface area (Å²) in [6.07, 6.45) is 0. The van der Waals surface area contributed by atoms with E-state index in [1.807, 2.05) is 0 Å². The Balaban J connectivity index is 3.39. The van der Waals surface area contributed by atoms with Crippen molar-refractivity contribution >= 4 is 5.69 Å². The smallest absolute Gasteiger partial charge is 0.318 e. The van der Waals surface area contributed by atoms with E-state index in [1.165, 1.54) is 20.3 Å². The molecule has 1 aromatic carbocycles. The average Bonchev–Trinajstić information content (AvgIpc) is 2.16. The number of benzene rings is 1. The van der Waals surface area contributed by atoms with E-state index in [4.69, 9.17) is 14.6 Å². The van der Waals surface area contributed by atoms with Gasteiger partial charge < -0.3 is 14.6 Å². The van der Waals surface area contributed by atoms with Crippen LogP contribution in [-0.4, -0.2) is 24.2 Å². The van der Waals surface area contributed by atoms with E-state index in [0.29, 0.717) is 0 Å². The van der Waals surface area contributed by atoms with Gasteiger partial charge in [0.1, 0.15) is 5.75 Å². The predicted octanol–water partition coefficient (Wildman–Crippen LogP) is 1.32. The second-order valence-electron chi connectivity index (χ2n) is 2.46. The Labute approximate surface area is 79.8 Å². The fourth-order valence-electron chi connectivity index (χ4n) is 1.07. The topological polar surface area (TPSA) is 81.8 Å². The van der Waals surface area contributed by atoms with Crippen molar-refractivity contribution < 1.29 is 19.5 Å². The van der Waals surface area contributed by atoms with Gasteiger partial charge in [0.05, 0.1) is 25.2 Å². The number of nitro groups is 1. The minimum atomic E-state index is -0.652. The van der Waals surface area contributed by atoms with E-state index < -0.39 is 4.92 Å². The lowest BCUT2D eigenvalue weighted by atomic mass is 10.2. The highest BCUT2D eigenvalue weighted by Gasteiger charge is 2.21. The molecule has 1 aromatic rings. The van der Waals surface area contributed by atoms with Gasteiger partial charge in [-0.1, -0.05) is 0 Å². The molecule has 6 nitrogen and oxygen atoms in total. The molecular weight excluding hydrogens is 190 g/mol. The molecule has 1 rings (SSSR count). The highest BCUT2D eigenvalue weighted by Crippen LogP contribution is 2.39. The maximum atomic E-state index is 10.6. The second-order valence-corrected chi connectivity index (χ2v) is 2.46. The molecule has 0 spiro atoms. The van der Waals surface area contributed by atoms with Crippen LogP contribution in [0.5, 0.6) is 17.2 Å². The first-order valence-corrected chi connectivity index (χ1v) is 3.69. The van der Waals surface area contributed by atoms with Crippen molar-refractivity contribution in [1.82, 2.24) is 0 Å². The van der Waals surface area contributed by atoms with Crippen molar-refractivity contribution in [1.29, 1.82) is 0 Å². The third-order valence-corrected chi connectivity index (χ3v) is 1.64.